The van der Waals surface area contributed by atoms with Gasteiger partial charge in [0.25, 0.3) is 0 Å². The maximum atomic E-state index is 13.5. The highest BCUT2D eigenvalue weighted by Gasteiger charge is 2.21. The Morgan fingerprint density at radius 1 is 1.13 bits per heavy atom. The first-order chi connectivity index (χ1) is 11.1. The van der Waals surface area contributed by atoms with Crippen molar-refractivity contribution in [3.8, 4) is 0 Å². The third kappa shape index (κ3) is 3.56. The number of anilines is 2. The summed E-state index contributed by atoms with van der Waals surface area (Å²) in [6, 6.07) is 13.3. The molecule has 0 unspecified atom stereocenters. The molecule has 0 radical (unpaired) electrons. The van der Waals surface area contributed by atoms with E-state index < -0.39 is 0 Å². The van der Waals surface area contributed by atoms with Crippen LogP contribution in [0, 0.1) is 5.82 Å². The Morgan fingerprint density at radius 3 is 2.52 bits per heavy atom. The normalized spacial score (nSPS) is 14.1. The number of hydrogen-bond acceptors (Lipinski definition) is 2. The molecule has 0 aliphatic carbocycles. The summed E-state index contributed by atoms with van der Waals surface area (Å²) in [5, 5.41) is 2.74. The van der Waals surface area contributed by atoms with Crippen molar-refractivity contribution in [1.29, 1.82) is 0 Å². The summed E-state index contributed by atoms with van der Waals surface area (Å²) in [5.74, 6) is -0.535. The summed E-state index contributed by atoms with van der Waals surface area (Å²) < 4.78 is 13.5. The Balaban J connectivity index is 1.63. The molecule has 0 bridgehead atoms. The van der Waals surface area contributed by atoms with Gasteiger partial charge in [-0.05, 0) is 42.3 Å². The summed E-state index contributed by atoms with van der Waals surface area (Å²) in [6.07, 6.45) is 1.44. The predicted octanol–water partition coefficient (Wildman–Crippen LogP) is 3.13. The number of hydrogen-bond donors (Lipinski definition) is 1. The smallest absolute Gasteiger partial charge is 0.228 e. The van der Waals surface area contributed by atoms with Crippen molar-refractivity contribution in [1.82, 2.24) is 0 Å². The first kappa shape index (κ1) is 15.2. The lowest BCUT2D eigenvalue weighted by atomic mass is 10.1. The molecule has 0 spiro atoms. The van der Waals surface area contributed by atoms with E-state index in [1.54, 1.807) is 35.2 Å². The Bertz CT molecular complexity index is 728. The van der Waals surface area contributed by atoms with Crippen LogP contribution in [-0.4, -0.2) is 18.4 Å². The molecule has 2 aromatic rings. The number of halogens is 1. The third-order valence-corrected chi connectivity index (χ3v) is 3.84. The van der Waals surface area contributed by atoms with E-state index in [0.717, 1.165) is 18.7 Å². The number of nitrogens with one attached hydrogen (secondary N) is 1. The molecule has 1 aliphatic rings. The highest BCUT2D eigenvalue weighted by Crippen LogP contribution is 2.23. The van der Waals surface area contributed by atoms with Crippen LogP contribution < -0.4 is 10.2 Å². The van der Waals surface area contributed by atoms with Gasteiger partial charge in [0.05, 0.1) is 6.42 Å². The average Bonchev–Trinajstić information content (AvgIpc) is 2.96. The Hall–Kier alpha value is -2.69. The predicted molar refractivity (Wildman–Crippen MR) is 86.8 cm³/mol. The van der Waals surface area contributed by atoms with Crippen molar-refractivity contribution in [2.24, 2.45) is 0 Å². The first-order valence-corrected chi connectivity index (χ1v) is 7.57. The van der Waals surface area contributed by atoms with Gasteiger partial charge in [0.1, 0.15) is 5.82 Å². The molecule has 1 N–H and O–H groups in total. The molecule has 4 nitrogen and oxygen atoms in total. The zero-order valence-electron chi connectivity index (χ0n) is 12.6. The highest BCUT2D eigenvalue weighted by molar-refractivity contribution is 5.96. The number of carbonyl (C=O) groups excluding carboxylic acids is 2. The van der Waals surface area contributed by atoms with Crippen LogP contribution in [0.5, 0.6) is 0 Å². The van der Waals surface area contributed by atoms with Gasteiger partial charge >= 0.3 is 0 Å². The topological polar surface area (TPSA) is 49.4 Å². The van der Waals surface area contributed by atoms with Gasteiger partial charge in [-0.2, -0.15) is 0 Å². The monoisotopic (exact) mass is 312 g/mol. The molecular formula is C18H17FN2O2. The molecule has 1 aliphatic heterocycles. The lowest BCUT2D eigenvalue weighted by Gasteiger charge is -2.16. The summed E-state index contributed by atoms with van der Waals surface area (Å²) in [5.41, 5.74) is 1.82. The van der Waals surface area contributed by atoms with Crippen LogP contribution >= 0.6 is 0 Å². The van der Waals surface area contributed by atoms with Gasteiger partial charge < -0.3 is 10.2 Å². The van der Waals surface area contributed by atoms with Crippen molar-refractivity contribution in [3.63, 3.8) is 0 Å². The van der Waals surface area contributed by atoms with Crippen LogP contribution in [0.15, 0.2) is 48.5 Å². The fraction of sp³-hybridized carbons (Fsp3) is 0.222. The lowest BCUT2D eigenvalue weighted by Crippen LogP contribution is -2.23. The van der Waals surface area contributed by atoms with Gasteiger partial charge in [0.2, 0.25) is 11.8 Å². The van der Waals surface area contributed by atoms with Gasteiger partial charge in [-0.3, -0.25) is 9.59 Å². The van der Waals surface area contributed by atoms with Crippen LogP contribution in [0.3, 0.4) is 0 Å². The second-order valence-electron chi connectivity index (χ2n) is 5.51. The van der Waals surface area contributed by atoms with Gasteiger partial charge in [0.15, 0.2) is 0 Å². The van der Waals surface area contributed by atoms with E-state index >= 15 is 0 Å². The van der Waals surface area contributed by atoms with Gasteiger partial charge in [0, 0.05) is 24.3 Å². The Morgan fingerprint density at radius 2 is 1.87 bits per heavy atom. The van der Waals surface area contributed by atoms with Crippen molar-refractivity contribution in [2.75, 3.05) is 16.8 Å². The van der Waals surface area contributed by atoms with E-state index in [1.165, 1.54) is 6.07 Å². The number of carbonyl (C=O) groups is 2. The van der Waals surface area contributed by atoms with E-state index in [-0.39, 0.29) is 24.1 Å². The number of benzene rings is 2. The zero-order valence-corrected chi connectivity index (χ0v) is 12.6. The SMILES string of the molecule is O=C(Cc1ccccc1F)Nc1ccc(N2CCCC2=O)cc1. The molecule has 2 amide bonds. The standard InChI is InChI=1S/C18H17FN2O2/c19-16-5-2-1-4-13(16)12-17(22)20-14-7-9-15(10-8-14)21-11-3-6-18(21)23/h1-2,4-5,7-10H,3,6,11-12H2,(H,20,22). The minimum Gasteiger partial charge on any atom is -0.326 e. The minimum atomic E-state index is -0.384. The van der Waals surface area contributed by atoms with Crippen LogP contribution in [0.25, 0.3) is 0 Å². The van der Waals surface area contributed by atoms with Crippen LogP contribution in [-0.2, 0) is 16.0 Å². The Labute approximate surface area is 133 Å². The summed E-state index contributed by atoms with van der Waals surface area (Å²) in [6.45, 7) is 0.734. The van der Waals surface area contributed by atoms with Crippen molar-refractivity contribution >= 4 is 23.2 Å². The first-order valence-electron chi connectivity index (χ1n) is 7.57. The number of rotatable bonds is 4. The quantitative estimate of drug-likeness (QED) is 0.943. The van der Waals surface area contributed by atoms with E-state index in [4.69, 9.17) is 0 Å². The fourth-order valence-corrected chi connectivity index (χ4v) is 2.67. The number of amides is 2. The maximum Gasteiger partial charge on any atom is 0.228 e. The van der Waals surface area contributed by atoms with Crippen LogP contribution in [0.1, 0.15) is 18.4 Å². The maximum absolute atomic E-state index is 13.5. The zero-order chi connectivity index (χ0) is 16.2. The molecule has 0 aromatic heterocycles. The largest absolute Gasteiger partial charge is 0.326 e. The van der Waals surface area contributed by atoms with Crippen molar-refractivity contribution < 1.29 is 14.0 Å². The van der Waals surface area contributed by atoms with Crippen LogP contribution in [0.2, 0.25) is 0 Å². The van der Waals surface area contributed by atoms with E-state index in [0.29, 0.717) is 17.7 Å². The molecule has 1 saturated heterocycles. The van der Waals surface area contributed by atoms with Crippen molar-refractivity contribution in [2.45, 2.75) is 19.3 Å². The molecule has 1 heterocycles. The molecule has 23 heavy (non-hydrogen) atoms. The minimum absolute atomic E-state index is 0.0148. The molecule has 3 rings (SSSR count). The molecular weight excluding hydrogens is 295 g/mol. The number of nitrogens with zero attached hydrogens (tertiary/aromatic N) is 1. The van der Waals surface area contributed by atoms with Gasteiger partial charge in [-0.1, -0.05) is 18.2 Å². The molecule has 118 valence electrons. The Kier molecular flexibility index (Phi) is 4.37. The summed E-state index contributed by atoms with van der Waals surface area (Å²) in [7, 11) is 0. The van der Waals surface area contributed by atoms with Crippen LogP contribution in [0.4, 0.5) is 15.8 Å². The third-order valence-electron chi connectivity index (χ3n) is 3.84. The van der Waals surface area contributed by atoms with E-state index in [2.05, 4.69) is 5.32 Å². The van der Waals surface area contributed by atoms with Gasteiger partial charge in [-0.25, -0.2) is 4.39 Å². The summed E-state index contributed by atoms with van der Waals surface area (Å²) >= 11 is 0. The molecule has 2 aromatic carbocycles. The van der Waals surface area contributed by atoms with E-state index in [9.17, 15) is 14.0 Å². The molecule has 5 heteroatoms. The van der Waals surface area contributed by atoms with Crippen molar-refractivity contribution in [3.05, 3.63) is 59.9 Å². The molecule has 1 fully saturated rings. The van der Waals surface area contributed by atoms with E-state index in [1.807, 2.05) is 12.1 Å². The molecule has 0 saturated carbocycles. The lowest BCUT2D eigenvalue weighted by molar-refractivity contribution is -0.117. The second kappa shape index (κ2) is 6.60. The summed E-state index contributed by atoms with van der Waals surface area (Å²) in [4.78, 5) is 25.4. The second-order valence-corrected chi connectivity index (χ2v) is 5.51. The highest BCUT2D eigenvalue weighted by atomic mass is 19.1. The average molecular weight is 312 g/mol. The fourth-order valence-electron chi connectivity index (χ4n) is 2.67. The van der Waals surface area contributed by atoms with Gasteiger partial charge in [-0.15, -0.1) is 0 Å². The molecule has 0 atom stereocenters.